The third-order valence-electron chi connectivity index (χ3n) is 3.29. The maximum atomic E-state index is 13.2. The molecule has 0 aromatic heterocycles. The van der Waals surface area contributed by atoms with Crippen LogP contribution in [0.1, 0.15) is 17.3 Å². The van der Waals surface area contributed by atoms with Crippen molar-refractivity contribution in [3.05, 3.63) is 39.7 Å². The standard InChI is InChI=1S/C12H11FN2O4/c1-12(6-15(18)19)10(16)8-4-3-7(13)5-9(8)14(2)11(12)17/h3-5H,6H2,1-2H3/t12-/m1/s1. The first-order valence-electron chi connectivity index (χ1n) is 5.51. The fraction of sp³-hybridized carbons (Fsp3) is 0.333. The summed E-state index contributed by atoms with van der Waals surface area (Å²) in [6.45, 7) is 0.453. The number of amides is 1. The molecule has 0 bridgehead atoms. The van der Waals surface area contributed by atoms with Gasteiger partial charge < -0.3 is 4.90 Å². The number of ketones is 1. The van der Waals surface area contributed by atoms with Crippen molar-refractivity contribution in [2.75, 3.05) is 18.5 Å². The molecule has 0 saturated heterocycles. The molecular formula is C12H11FN2O4. The molecule has 1 aliphatic heterocycles. The van der Waals surface area contributed by atoms with E-state index in [2.05, 4.69) is 0 Å². The normalized spacial score (nSPS) is 22.4. The van der Waals surface area contributed by atoms with E-state index in [1.54, 1.807) is 0 Å². The molecule has 7 heteroatoms. The summed E-state index contributed by atoms with van der Waals surface area (Å²) in [7, 11) is 1.37. The Morgan fingerprint density at radius 2 is 2.05 bits per heavy atom. The minimum atomic E-state index is -1.75. The minimum Gasteiger partial charge on any atom is -0.314 e. The van der Waals surface area contributed by atoms with Crippen molar-refractivity contribution in [2.24, 2.45) is 5.41 Å². The van der Waals surface area contributed by atoms with Crippen molar-refractivity contribution in [3.8, 4) is 0 Å². The van der Waals surface area contributed by atoms with Crippen LogP contribution in [-0.2, 0) is 4.79 Å². The second-order valence-corrected chi connectivity index (χ2v) is 4.68. The Hall–Kier alpha value is -2.31. The highest BCUT2D eigenvalue weighted by molar-refractivity contribution is 6.24. The van der Waals surface area contributed by atoms with Crippen molar-refractivity contribution in [2.45, 2.75) is 6.92 Å². The van der Waals surface area contributed by atoms with Gasteiger partial charge in [-0.2, -0.15) is 0 Å². The Labute approximate surface area is 108 Å². The van der Waals surface area contributed by atoms with Gasteiger partial charge in [-0.25, -0.2) is 4.39 Å². The van der Waals surface area contributed by atoms with E-state index in [9.17, 15) is 24.1 Å². The van der Waals surface area contributed by atoms with E-state index in [0.29, 0.717) is 0 Å². The summed E-state index contributed by atoms with van der Waals surface area (Å²) < 4.78 is 13.2. The highest BCUT2D eigenvalue weighted by atomic mass is 19.1. The van der Waals surface area contributed by atoms with E-state index in [1.165, 1.54) is 20.0 Å². The quantitative estimate of drug-likeness (QED) is 0.458. The van der Waals surface area contributed by atoms with Gasteiger partial charge >= 0.3 is 0 Å². The van der Waals surface area contributed by atoms with E-state index < -0.39 is 34.4 Å². The molecule has 1 atom stereocenters. The van der Waals surface area contributed by atoms with E-state index in [-0.39, 0.29) is 11.3 Å². The molecule has 1 aromatic rings. The summed E-state index contributed by atoms with van der Waals surface area (Å²) in [5, 5.41) is 10.7. The fourth-order valence-electron chi connectivity index (χ4n) is 2.25. The average molecular weight is 266 g/mol. The van der Waals surface area contributed by atoms with Crippen molar-refractivity contribution in [1.82, 2.24) is 0 Å². The second-order valence-electron chi connectivity index (χ2n) is 4.68. The Balaban J connectivity index is 2.61. The summed E-state index contributed by atoms with van der Waals surface area (Å²) in [6, 6.07) is 3.40. The Bertz CT molecular complexity index is 601. The Morgan fingerprint density at radius 3 is 2.63 bits per heavy atom. The highest BCUT2D eigenvalue weighted by Crippen LogP contribution is 2.37. The number of fused-ring (bicyclic) bond motifs is 1. The number of halogens is 1. The number of carbonyl (C=O) groups is 2. The van der Waals surface area contributed by atoms with Gasteiger partial charge in [0.25, 0.3) is 0 Å². The third-order valence-corrected chi connectivity index (χ3v) is 3.29. The molecule has 1 aliphatic rings. The van der Waals surface area contributed by atoms with Crippen LogP contribution >= 0.6 is 0 Å². The van der Waals surface area contributed by atoms with Crippen LogP contribution in [0.2, 0.25) is 0 Å². The Morgan fingerprint density at radius 1 is 1.42 bits per heavy atom. The van der Waals surface area contributed by atoms with Crippen molar-refractivity contribution >= 4 is 17.4 Å². The molecular weight excluding hydrogens is 255 g/mol. The van der Waals surface area contributed by atoms with Crippen LogP contribution in [-0.4, -0.2) is 30.2 Å². The van der Waals surface area contributed by atoms with Crippen molar-refractivity contribution in [3.63, 3.8) is 0 Å². The zero-order valence-corrected chi connectivity index (χ0v) is 10.3. The average Bonchev–Trinajstić information content (AvgIpc) is 2.33. The molecule has 0 radical (unpaired) electrons. The number of benzene rings is 1. The number of hydrogen-bond acceptors (Lipinski definition) is 4. The van der Waals surface area contributed by atoms with Gasteiger partial charge in [-0.1, -0.05) is 0 Å². The van der Waals surface area contributed by atoms with Gasteiger partial charge in [0.05, 0.1) is 5.69 Å². The third kappa shape index (κ3) is 1.87. The van der Waals surface area contributed by atoms with Crippen LogP contribution < -0.4 is 4.90 Å². The molecule has 1 amide bonds. The zero-order chi connectivity index (χ0) is 14.4. The van der Waals surface area contributed by atoms with Gasteiger partial charge in [0.15, 0.2) is 11.2 Å². The smallest absolute Gasteiger partial charge is 0.247 e. The highest BCUT2D eigenvalue weighted by Gasteiger charge is 2.52. The molecule has 100 valence electrons. The van der Waals surface area contributed by atoms with Crippen LogP contribution in [0.5, 0.6) is 0 Å². The molecule has 0 saturated carbocycles. The lowest BCUT2D eigenvalue weighted by Crippen LogP contribution is -2.53. The predicted octanol–water partition coefficient (Wildman–Crippen LogP) is 1.27. The van der Waals surface area contributed by atoms with Gasteiger partial charge in [0.2, 0.25) is 12.5 Å². The SMILES string of the molecule is CN1C(=O)[C@](C)(C[N+](=O)[O-])C(=O)c2ccc(F)cc21. The summed E-state index contributed by atoms with van der Waals surface area (Å²) in [5.41, 5.74) is -1.49. The van der Waals surface area contributed by atoms with Crippen LogP contribution in [0.15, 0.2) is 18.2 Å². The van der Waals surface area contributed by atoms with E-state index >= 15 is 0 Å². The van der Waals surface area contributed by atoms with E-state index in [4.69, 9.17) is 0 Å². The van der Waals surface area contributed by atoms with Gasteiger partial charge in [0, 0.05) is 17.5 Å². The van der Waals surface area contributed by atoms with Gasteiger partial charge in [-0.3, -0.25) is 19.7 Å². The first kappa shape index (κ1) is 13.1. The summed E-state index contributed by atoms with van der Waals surface area (Å²) in [6.07, 6.45) is 0. The first-order chi connectivity index (χ1) is 8.77. The molecule has 0 unspecified atom stereocenters. The lowest BCUT2D eigenvalue weighted by Gasteiger charge is -2.34. The second kappa shape index (κ2) is 4.11. The molecule has 0 spiro atoms. The van der Waals surface area contributed by atoms with Crippen LogP contribution in [0.4, 0.5) is 10.1 Å². The van der Waals surface area contributed by atoms with Gasteiger partial charge in [-0.15, -0.1) is 0 Å². The molecule has 0 fully saturated rings. The molecule has 6 nitrogen and oxygen atoms in total. The molecule has 0 aliphatic carbocycles. The molecule has 1 aromatic carbocycles. The maximum Gasteiger partial charge on any atom is 0.247 e. The van der Waals surface area contributed by atoms with Crippen molar-refractivity contribution in [1.29, 1.82) is 0 Å². The fourth-order valence-corrected chi connectivity index (χ4v) is 2.25. The monoisotopic (exact) mass is 266 g/mol. The number of hydrogen-bond donors (Lipinski definition) is 0. The van der Waals surface area contributed by atoms with E-state index in [1.807, 2.05) is 0 Å². The number of anilines is 1. The topological polar surface area (TPSA) is 80.5 Å². The zero-order valence-electron chi connectivity index (χ0n) is 10.3. The molecule has 1 heterocycles. The van der Waals surface area contributed by atoms with Crippen molar-refractivity contribution < 1.29 is 18.9 Å². The summed E-state index contributed by atoms with van der Waals surface area (Å²) in [4.78, 5) is 35.5. The number of nitrogens with zero attached hydrogens (tertiary/aromatic N) is 2. The lowest BCUT2D eigenvalue weighted by atomic mass is 9.77. The number of carbonyl (C=O) groups excluding carboxylic acids is 2. The van der Waals surface area contributed by atoms with Crippen LogP contribution in [0.3, 0.4) is 0 Å². The lowest BCUT2D eigenvalue weighted by molar-refractivity contribution is -0.489. The Kier molecular flexibility index (Phi) is 2.84. The molecule has 0 N–H and O–H groups in total. The predicted molar refractivity (Wildman–Crippen MR) is 64.1 cm³/mol. The number of Topliss-reactive ketones (excluding diaryl/α,β-unsaturated/α-hetero) is 1. The molecule has 2 rings (SSSR count). The van der Waals surface area contributed by atoms with Crippen LogP contribution in [0, 0.1) is 21.3 Å². The van der Waals surface area contributed by atoms with Gasteiger partial charge in [-0.05, 0) is 25.1 Å². The maximum absolute atomic E-state index is 13.2. The van der Waals surface area contributed by atoms with E-state index in [0.717, 1.165) is 17.0 Å². The number of rotatable bonds is 2. The largest absolute Gasteiger partial charge is 0.314 e. The first-order valence-corrected chi connectivity index (χ1v) is 5.51. The summed E-state index contributed by atoms with van der Waals surface area (Å²) in [5.74, 6) is -1.93. The summed E-state index contributed by atoms with van der Waals surface area (Å²) >= 11 is 0. The molecule has 19 heavy (non-hydrogen) atoms. The van der Waals surface area contributed by atoms with Gasteiger partial charge in [0.1, 0.15) is 5.82 Å². The van der Waals surface area contributed by atoms with Crippen LogP contribution in [0.25, 0.3) is 0 Å². The number of nitro groups is 1. The minimum absolute atomic E-state index is 0.118.